The highest BCUT2D eigenvalue weighted by atomic mass is 19.1. The van der Waals surface area contributed by atoms with Crippen molar-refractivity contribution >= 4 is 0 Å². The molecule has 0 aliphatic heterocycles. The molecule has 2 aromatic carbocycles. The largest absolute Gasteiger partial charge is 0.454 e. The summed E-state index contributed by atoms with van der Waals surface area (Å²) in [4.78, 5) is 0. The third kappa shape index (κ3) is 3.30. The molecule has 3 nitrogen and oxygen atoms in total. The van der Waals surface area contributed by atoms with Crippen molar-refractivity contribution in [3.63, 3.8) is 0 Å². The first-order valence-corrected chi connectivity index (χ1v) is 6.00. The molecule has 0 aliphatic carbocycles. The fourth-order valence-electron chi connectivity index (χ4n) is 1.77. The minimum absolute atomic E-state index is 0.00626. The average molecular weight is 262 g/mol. The van der Waals surface area contributed by atoms with Crippen LogP contribution in [0.2, 0.25) is 0 Å². The molecule has 0 spiro atoms. The van der Waals surface area contributed by atoms with Crippen LogP contribution in [0.1, 0.15) is 11.1 Å². The summed E-state index contributed by atoms with van der Waals surface area (Å²) in [6.45, 7) is -0.204. The van der Waals surface area contributed by atoms with Gasteiger partial charge in [-0.15, -0.1) is 0 Å². The molecule has 2 aromatic rings. The predicted molar refractivity (Wildman–Crippen MR) is 69.6 cm³/mol. The Hall–Kier alpha value is -1.91. The van der Waals surface area contributed by atoms with Crippen molar-refractivity contribution in [3.8, 4) is 11.5 Å². The number of halogens is 1. The van der Waals surface area contributed by atoms with Crippen LogP contribution in [0.15, 0.2) is 42.5 Å². The van der Waals surface area contributed by atoms with Gasteiger partial charge in [-0.1, -0.05) is 24.3 Å². The van der Waals surface area contributed by atoms with E-state index in [1.54, 1.807) is 18.2 Å². The van der Waals surface area contributed by atoms with Gasteiger partial charge in [-0.3, -0.25) is 0 Å². The maximum absolute atomic E-state index is 13.8. The molecule has 0 saturated heterocycles. The molecule has 2 rings (SSSR count). The summed E-state index contributed by atoms with van der Waals surface area (Å²) >= 11 is 0. The van der Waals surface area contributed by atoms with Gasteiger partial charge >= 0.3 is 0 Å². The van der Waals surface area contributed by atoms with Crippen LogP contribution in [0.25, 0.3) is 0 Å². The van der Waals surface area contributed by atoms with Gasteiger partial charge in [0.1, 0.15) is 5.75 Å². The van der Waals surface area contributed by atoms with Gasteiger partial charge in [0.25, 0.3) is 0 Å². The Morgan fingerprint density at radius 1 is 1.00 bits per heavy atom. The number of aliphatic hydroxyl groups excluding tert-OH is 2. The summed E-state index contributed by atoms with van der Waals surface area (Å²) in [5.41, 5.74) is 1.31. The highest BCUT2D eigenvalue weighted by molar-refractivity contribution is 5.39. The highest BCUT2D eigenvalue weighted by Crippen LogP contribution is 2.28. The molecule has 19 heavy (non-hydrogen) atoms. The maximum Gasteiger partial charge on any atom is 0.166 e. The van der Waals surface area contributed by atoms with Crippen LogP contribution in [-0.4, -0.2) is 16.8 Å². The van der Waals surface area contributed by atoms with Crippen molar-refractivity contribution in [2.45, 2.75) is 13.0 Å². The zero-order valence-corrected chi connectivity index (χ0v) is 10.3. The lowest BCUT2D eigenvalue weighted by molar-refractivity contribution is 0.281. The Morgan fingerprint density at radius 3 is 2.47 bits per heavy atom. The fourth-order valence-corrected chi connectivity index (χ4v) is 1.77. The van der Waals surface area contributed by atoms with Crippen molar-refractivity contribution in [3.05, 3.63) is 59.4 Å². The van der Waals surface area contributed by atoms with Crippen molar-refractivity contribution in [2.24, 2.45) is 0 Å². The average Bonchev–Trinajstić information content (AvgIpc) is 2.43. The summed E-state index contributed by atoms with van der Waals surface area (Å²) in [5.74, 6) is 0.0974. The van der Waals surface area contributed by atoms with Gasteiger partial charge in [0.15, 0.2) is 11.6 Å². The molecule has 2 N–H and O–H groups in total. The number of aliphatic hydroxyl groups is 2. The summed E-state index contributed by atoms with van der Waals surface area (Å²) < 4.78 is 19.3. The summed E-state index contributed by atoms with van der Waals surface area (Å²) in [7, 11) is 0. The SMILES string of the molecule is OCCc1ccccc1Oc1ccc(CO)cc1F. The second kappa shape index (κ2) is 6.31. The second-order valence-electron chi connectivity index (χ2n) is 4.11. The Labute approximate surface area is 110 Å². The van der Waals surface area contributed by atoms with E-state index in [0.29, 0.717) is 17.7 Å². The number of hydrogen-bond acceptors (Lipinski definition) is 3. The second-order valence-corrected chi connectivity index (χ2v) is 4.11. The highest BCUT2D eigenvalue weighted by Gasteiger charge is 2.08. The van der Waals surface area contributed by atoms with Gasteiger partial charge in [0, 0.05) is 6.61 Å². The lowest BCUT2D eigenvalue weighted by atomic mass is 10.1. The molecule has 0 amide bonds. The van der Waals surface area contributed by atoms with E-state index >= 15 is 0 Å². The Morgan fingerprint density at radius 2 is 1.79 bits per heavy atom. The first-order chi connectivity index (χ1) is 9.24. The smallest absolute Gasteiger partial charge is 0.166 e. The Kier molecular flexibility index (Phi) is 4.49. The molecule has 0 heterocycles. The van der Waals surface area contributed by atoms with Crippen LogP contribution in [0, 0.1) is 5.82 Å². The third-order valence-corrected chi connectivity index (χ3v) is 2.75. The molecular weight excluding hydrogens is 247 g/mol. The summed E-state index contributed by atoms with van der Waals surface area (Å²) in [6, 6.07) is 11.5. The van der Waals surface area contributed by atoms with Gasteiger partial charge in [-0.05, 0) is 35.7 Å². The quantitative estimate of drug-likeness (QED) is 0.871. The fraction of sp³-hybridized carbons (Fsp3) is 0.200. The van der Waals surface area contributed by atoms with Crippen LogP contribution in [0.3, 0.4) is 0 Å². The van der Waals surface area contributed by atoms with E-state index in [4.69, 9.17) is 14.9 Å². The minimum atomic E-state index is -0.523. The van der Waals surface area contributed by atoms with Gasteiger partial charge in [-0.25, -0.2) is 4.39 Å². The van der Waals surface area contributed by atoms with E-state index in [1.807, 2.05) is 12.1 Å². The minimum Gasteiger partial charge on any atom is -0.454 e. The number of para-hydroxylation sites is 1. The van der Waals surface area contributed by atoms with E-state index in [2.05, 4.69) is 0 Å². The molecule has 0 aromatic heterocycles. The maximum atomic E-state index is 13.8. The number of rotatable bonds is 5. The summed E-state index contributed by atoms with van der Waals surface area (Å²) in [5, 5.41) is 17.9. The standard InChI is InChI=1S/C15H15FO3/c16-13-9-11(10-18)5-6-15(13)19-14-4-2-1-3-12(14)7-8-17/h1-6,9,17-18H,7-8,10H2. The van der Waals surface area contributed by atoms with Gasteiger partial charge in [0.2, 0.25) is 0 Å². The van der Waals surface area contributed by atoms with Crippen molar-refractivity contribution in [2.75, 3.05) is 6.61 Å². The molecule has 0 saturated carbocycles. The van der Waals surface area contributed by atoms with Crippen LogP contribution in [-0.2, 0) is 13.0 Å². The molecule has 0 fully saturated rings. The van der Waals surface area contributed by atoms with Crippen LogP contribution < -0.4 is 4.74 Å². The Bertz CT molecular complexity index is 555. The zero-order valence-electron chi connectivity index (χ0n) is 10.3. The number of benzene rings is 2. The van der Waals surface area contributed by atoms with Gasteiger partial charge in [-0.2, -0.15) is 0 Å². The molecule has 0 bridgehead atoms. The first kappa shape index (κ1) is 13.5. The van der Waals surface area contributed by atoms with Crippen molar-refractivity contribution in [1.29, 1.82) is 0 Å². The van der Waals surface area contributed by atoms with E-state index in [1.165, 1.54) is 12.1 Å². The molecule has 0 atom stereocenters. The molecule has 4 heteroatoms. The zero-order chi connectivity index (χ0) is 13.7. The third-order valence-electron chi connectivity index (χ3n) is 2.75. The summed E-state index contributed by atoms with van der Waals surface area (Å²) in [6.07, 6.45) is 0.451. The van der Waals surface area contributed by atoms with E-state index in [9.17, 15) is 4.39 Å². The molecule has 100 valence electrons. The van der Waals surface area contributed by atoms with Crippen LogP contribution in [0.5, 0.6) is 11.5 Å². The lowest BCUT2D eigenvalue weighted by Crippen LogP contribution is -1.97. The van der Waals surface area contributed by atoms with Gasteiger partial charge in [0.05, 0.1) is 6.61 Å². The number of ether oxygens (including phenoxy) is 1. The van der Waals surface area contributed by atoms with E-state index in [-0.39, 0.29) is 19.0 Å². The monoisotopic (exact) mass is 262 g/mol. The normalized spacial score (nSPS) is 10.5. The van der Waals surface area contributed by atoms with Crippen LogP contribution in [0.4, 0.5) is 4.39 Å². The molecule has 0 radical (unpaired) electrons. The number of hydrogen-bond donors (Lipinski definition) is 2. The van der Waals surface area contributed by atoms with E-state index < -0.39 is 5.82 Å². The van der Waals surface area contributed by atoms with Crippen molar-refractivity contribution in [1.82, 2.24) is 0 Å². The lowest BCUT2D eigenvalue weighted by Gasteiger charge is -2.11. The van der Waals surface area contributed by atoms with Crippen molar-refractivity contribution < 1.29 is 19.3 Å². The van der Waals surface area contributed by atoms with Gasteiger partial charge < -0.3 is 14.9 Å². The first-order valence-electron chi connectivity index (χ1n) is 6.00. The predicted octanol–water partition coefficient (Wildman–Crippen LogP) is 2.65. The molecule has 0 unspecified atom stereocenters. The molecule has 0 aliphatic rings. The van der Waals surface area contributed by atoms with E-state index in [0.717, 1.165) is 5.56 Å². The Balaban J connectivity index is 2.26. The molecular formula is C15H15FO3. The topological polar surface area (TPSA) is 49.7 Å². The van der Waals surface area contributed by atoms with Crippen LogP contribution >= 0.6 is 0 Å².